The van der Waals surface area contributed by atoms with Crippen LogP contribution in [0, 0.1) is 6.92 Å². The Morgan fingerprint density at radius 1 is 1.08 bits per heavy atom. The molecule has 1 N–H and O–H groups in total. The second-order valence-electron chi connectivity index (χ2n) is 6.04. The Bertz CT molecular complexity index is 554. The number of ether oxygens (including phenoxy) is 3. The Balaban J connectivity index is 2.50. The van der Waals surface area contributed by atoms with Gasteiger partial charge in [-0.25, -0.2) is 9.59 Å². The van der Waals surface area contributed by atoms with Crippen LogP contribution in [0.3, 0.4) is 0 Å². The molecule has 1 aromatic rings. The summed E-state index contributed by atoms with van der Waals surface area (Å²) < 4.78 is 15.2. The fourth-order valence-corrected chi connectivity index (χ4v) is 2.07. The van der Waals surface area contributed by atoms with Gasteiger partial charge in [0.25, 0.3) is 0 Å². The summed E-state index contributed by atoms with van der Waals surface area (Å²) in [6.07, 6.45) is 0.0425. The van der Waals surface area contributed by atoms with E-state index in [0.717, 1.165) is 24.0 Å². The van der Waals surface area contributed by atoms with E-state index in [1.807, 2.05) is 19.1 Å². The van der Waals surface area contributed by atoms with Crippen LogP contribution in [0.25, 0.3) is 0 Å². The van der Waals surface area contributed by atoms with E-state index in [1.165, 1.54) is 0 Å². The minimum absolute atomic E-state index is 0.133. The largest absolute Gasteiger partial charge is 0.514 e. The molecule has 0 bridgehead atoms. The fourth-order valence-electron chi connectivity index (χ4n) is 2.07. The van der Waals surface area contributed by atoms with Crippen LogP contribution in [-0.4, -0.2) is 31.0 Å². The first-order valence-corrected chi connectivity index (χ1v) is 8.21. The Morgan fingerprint density at radius 2 is 1.75 bits per heavy atom. The van der Waals surface area contributed by atoms with Crippen LogP contribution in [0.2, 0.25) is 0 Å². The molecule has 0 saturated heterocycles. The smallest absolute Gasteiger partial charge is 0.447 e. The SMILES string of the molecule is Cc1c(CCCNC(=O)OC(C)C)cccc1OC(=O)OC(C)C. The molecule has 0 radical (unpaired) electrons. The van der Waals surface area contributed by atoms with Gasteiger partial charge in [-0.15, -0.1) is 0 Å². The van der Waals surface area contributed by atoms with E-state index in [-0.39, 0.29) is 12.2 Å². The number of carbonyl (C=O) groups excluding carboxylic acids is 2. The van der Waals surface area contributed by atoms with Crippen LogP contribution in [0.4, 0.5) is 9.59 Å². The molecule has 0 aromatic heterocycles. The van der Waals surface area contributed by atoms with Crippen molar-refractivity contribution in [3.63, 3.8) is 0 Å². The Labute approximate surface area is 143 Å². The van der Waals surface area contributed by atoms with E-state index in [1.54, 1.807) is 33.8 Å². The number of hydrogen-bond donors (Lipinski definition) is 1. The van der Waals surface area contributed by atoms with Crippen LogP contribution in [0.1, 0.15) is 45.2 Å². The van der Waals surface area contributed by atoms with Gasteiger partial charge in [-0.3, -0.25) is 0 Å². The van der Waals surface area contributed by atoms with Gasteiger partial charge in [-0.1, -0.05) is 12.1 Å². The highest BCUT2D eigenvalue weighted by Gasteiger charge is 2.12. The number of aryl methyl sites for hydroxylation is 1. The quantitative estimate of drug-likeness (QED) is 0.463. The maximum absolute atomic E-state index is 11.6. The van der Waals surface area contributed by atoms with Gasteiger partial charge in [-0.05, 0) is 64.7 Å². The van der Waals surface area contributed by atoms with Crippen molar-refractivity contribution in [2.45, 2.75) is 59.7 Å². The zero-order valence-electron chi connectivity index (χ0n) is 15.0. The summed E-state index contributed by atoms with van der Waals surface area (Å²) in [4.78, 5) is 23.0. The van der Waals surface area contributed by atoms with Crippen LogP contribution in [0.5, 0.6) is 5.75 Å². The lowest BCUT2D eigenvalue weighted by atomic mass is 10.0. The van der Waals surface area contributed by atoms with Gasteiger partial charge < -0.3 is 19.5 Å². The van der Waals surface area contributed by atoms with Gasteiger partial charge >= 0.3 is 12.2 Å². The second kappa shape index (κ2) is 9.80. The van der Waals surface area contributed by atoms with Gasteiger partial charge in [0.2, 0.25) is 0 Å². The molecule has 0 aliphatic heterocycles. The molecule has 0 fully saturated rings. The van der Waals surface area contributed by atoms with E-state index in [2.05, 4.69) is 5.32 Å². The molecule has 6 heteroatoms. The summed E-state index contributed by atoms with van der Waals surface area (Å²) >= 11 is 0. The average molecular weight is 337 g/mol. The minimum Gasteiger partial charge on any atom is -0.447 e. The van der Waals surface area contributed by atoms with E-state index in [0.29, 0.717) is 12.3 Å². The van der Waals surface area contributed by atoms with Gasteiger partial charge in [-0.2, -0.15) is 0 Å². The zero-order valence-corrected chi connectivity index (χ0v) is 15.0. The van der Waals surface area contributed by atoms with Crippen molar-refractivity contribution in [1.82, 2.24) is 5.32 Å². The molecule has 1 aromatic carbocycles. The first kappa shape index (κ1) is 19.8. The monoisotopic (exact) mass is 337 g/mol. The summed E-state index contributed by atoms with van der Waals surface area (Å²) in [6, 6.07) is 5.54. The van der Waals surface area contributed by atoms with Crippen molar-refractivity contribution >= 4 is 12.2 Å². The number of alkyl carbamates (subject to hydrolysis) is 1. The second-order valence-corrected chi connectivity index (χ2v) is 6.04. The summed E-state index contributed by atoms with van der Waals surface area (Å²) in [5.41, 5.74) is 1.95. The number of hydrogen-bond acceptors (Lipinski definition) is 5. The van der Waals surface area contributed by atoms with Crippen molar-refractivity contribution < 1.29 is 23.8 Å². The van der Waals surface area contributed by atoms with Crippen LogP contribution < -0.4 is 10.1 Å². The molecule has 0 unspecified atom stereocenters. The van der Waals surface area contributed by atoms with Gasteiger partial charge in [0, 0.05) is 6.54 Å². The lowest BCUT2D eigenvalue weighted by molar-refractivity contribution is 0.0726. The molecule has 0 heterocycles. The molecule has 1 rings (SSSR count). The van der Waals surface area contributed by atoms with Gasteiger partial charge in [0.15, 0.2) is 0 Å². The number of amides is 1. The highest BCUT2D eigenvalue weighted by atomic mass is 16.7. The first-order valence-electron chi connectivity index (χ1n) is 8.21. The van der Waals surface area contributed by atoms with Gasteiger partial charge in [0.1, 0.15) is 5.75 Å². The normalized spacial score (nSPS) is 10.6. The first-order chi connectivity index (χ1) is 11.3. The van der Waals surface area contributed by atoms with Crippen LogP contribution in [0.15, 0.2) is 18.2 Å². The molecule has 0 saturated carbocycles. The molecule has 0 spiro atoms. The summed E-state index contributed by atoms with van der Waals surface area (Å²) in [7, 11) is 0. The van der Waals surface area contributed by atoms with Crippen molar-refractivity contribution in [1.29, 1.82) is 0 Å². The van der Waals surface area contributed by atoms with Gasteiger partial charge in [0.05, 0.1) is 12.2 Å². The molecule has 1 amide bonds. The van der Waals surface area contributed by atoms with Crippen molar-refractivity contribution in [3.8, 4) is 5.75 Å². The standard InChI is InChI=1S/C18H27NO5/c1-12(2)22-17(20)19-11-7-9-15-8-6-10-16(14(15)5)24-18(21)23-13(3)4/h6,8,10,12-13H,7,9,11H2,1-5H3,(H,19,20). The van der Waals surface area contributed by atoms with E-state index in [9.17, 15) is 9.59 Å². The maximum Gasteiger partial charge on any atom is 0.514 e. The summed E-state index contributed by atoms with van der Waals surface area (Å²) in [5, 5.41) is 2.71. The minimum atomic E-state index is -0.705. The number of carbonyl (C=O) groups is 2. The topological polar surface area (TPSA) is 73.9 Å². The third-order valence-corrected chi connectivity index (χ3v) is 3.16. The molecular weight excluding hydrogens is 310 g/mol. The lowest BCUT2D eigenvalue weighted by Crippen LogP contribution is -2.27. The number of nitrogens with one attached hydrogen (secondary N) is 1. The van der Waals surface area contributed by atoms with E-state index >= 15 is 0 Å². The Hall–Kier alpha value is -2.24. The molecular formula is C18H27NO5. The molecule has 24 heavy (non-hydrogen) atoms. The van der Waals surface area contributed by atoms with Crippen molar-refractivity contribution in [2.75, 3.05) is 6.54 Å². The van der Waals surface area contributed by atoms with Crippen molar-refractivity contribution in [2.24, 2.45) is 0 Å². The van der Waals surface area contributed by atoms with E-state index < -0.39 is 12.2 Å². The maximum atomic E-state index is 11.6. The van der Waals surface area contributed by atoms with E-state index in [4.69, 9.17) is 14.2 Å². The number of rotatable bonds is 7. The predicted molar refractivity (Wildman–Crippen MR) is 91.4 cm³/mol. The molecule has 6 nitrogen and oxygen atoms in total. The number of benzene rings is 1. The zero-order chi connectivity index (χ0) is 18.1. The van der Waals surface area contributed by atoms with Crippen LogP contribution in [-0.2, 0) is 15.9 Å². The Morgan fingerprint density at radius 3 is 2.38 bits per heavy atom. The Kier molecular flexibility index (Phi) is 8.09. The summed E-state index contributed by atoms with van der Waals surface area (Å²) in [6.45, 7) is 9.56. The molecule has 0 aliphatic carbocycles. The highest BCUT2D eigenvalue weighted by Crippen LogP contribution is 2.23. The summed E-state index contributed by atoms with van der Waals surface area (Å²) in [5.74, 6) is 0.491. The fraction of sp³-hybridized carbons (Fsp3) is 0.556. The molecule has 0 aliphatic rings. The molecule has 134 valence electrons. The third kappa shape index (κ3) is 7.35. The highest BCUT2D eigenvalue weighted by molar-refractivity contribution is 5.67. The van der Waals surface area contributed by atoms with Crippen molar-refractivity contribution in [3.05, 3.63) is 29.3 Å². The predicted octanol–water partition coefficient (Wildman–Crippen LogP) is 3.99. The third-order valence-electron chi connectivity index (χ3n) is 3.16. The average Bonchev–Trinajstić information content (AvgIpc) is 2.45. The molecule has 0 atom stereocenters. The van der Waals surface area contributed by atoms with Crippen LogP contribution >= 0.6 is 0 Å². The lowest BCUT2D eigenvalue weighted by Gasteiger charge is -2.13.